The summed E-state index contributed by atoms with van der Waals surface area (Å²) in [6, 6.07) is -1.23. The van der Waals surface area contributed by atoms with E-state index in [2.05, 4.69) is 26.6 Å². The molecule has 9 atom stereocenters. The lowest BCUT2D eigenvalue weighted by Gasteiger charge is -2.43. The van der Waals surface area contributed by atoms with Crippen LogP contribution in [0.5, 0.6) is 0 Å². The third-order valence-corrected chi connectivity index (χ3v) is 11.8. The highest BCUT2D eigenvalue weighted by molar-refractivity contribution is 5.98. The fourth-order valence-corrected chi connectivity index (χ4v) is 8.01. The molecule has 0 spiro atoms. The molecular formula is C46H72N8O12. The number of rotatable bonds is 18. The number of carbonyl (C=O) groups excluding carboxylic acids is 8. The number of nitrogens with one attached hydrogen (secondary N) is 5. The number of carbonyl (C=O) groups is 9. The summed E-state index contributed by atoms with van der Waals surface area (Å²) in [5.41, 5.74) is 6.41. The van der Waals surface area contributed by atoms with Crippen molar-refractivity contribution in [2.24, 2.45) is 17.6 Å². The van der Waals surface area contributed by atoms with Crippen molar-refractivity contribution in [3.8, 4) is 0 Å². The average Bonchev–Trinajstić information content (AvgIpc) is 3.25. The van der Waals surface area contributed by atoms with E-state index in [1.807, 2.05) is 20.8 Å². The molecular weight excluding hydrogens is 857 g/mol. The van der Waals surface area contributed by atoms with E-state index in [-0.39, 0.29) is 51.0 Å². The molecule has 2 fully saturated rings. The van der Waals surface area contributed by atoms with Crippen LogP contribution >= 0.6 is 0 Å². The van der Waals surface area contributed by atoms with Gasteiger partial charge in [0.15, 0.2) is 0 Å². The maximum Gasteiger partial charge on any atom is 0.329 e. The predicted octanol–water partition coefficient (Wildman–Crippen LogP) is 0.621. The number of aliphatic hydroxyl groups is 1. The average molecular weight is 929 g/mol. The zero-order valence-corrected chi connectivity index (χ0v) is 39.4. The first kappa shape index (κ1) is 54.7. The van der Waals surface area contributed by atoms with Gasteiger partial charge in [0.2, 0.25) is 41.4 Å². The van der Waals surface area contributed by atoms with E-state index >= 15 is 0 Å². The van der Waals surface area contributed by atoms with Gasteiger partial charge in [-0.25, -0.2) is 4.79 Å². The first-order chi connectivity index (χ1) is 31.2. The molecule has 2 aliphatic heterocycles. The predicted molar refractivity (Wildman–Crippen MR) is 241 cm³/mol. The van der Waals surface area contributed by atoms with Crippen LogP contribution in [0.4, 0.5) is 0 Å². The van der Waals surface area contributed by atoms with Crippen molar-refractivity contribution in [2.45, 2.75) is 173 Å². The highest BCUT2D eigenvalue weighted by Crippen LogP contribution is 2.26. The molecule has 368 valence electrons. The van der Waals surface area contributed by atoms with Crippen molar-refractivity contribution in [2.75, 3.05) is 13.6 Å². The molecule has 0 radical (unpaired) electrons. The van der Waals surface area contributed by atoms with Crippen LogP contribution in [-0.2, 0) is 54.3 Å². The number of piperidine rings is 1. The monoisotopic (exact) mass is 929 g/mol. The number of carboxylic acid groups (broad SMARTS) is 1. The Labute approximate surface area is 387 Å². The molecule has 0 aliphatic carbocycles. The van der Waals surface area contributed by atoms with Gasteiger partial charge in [-0.05, 0) is 75.8 Å². The number of nitrogens with zero attached hydrogens (tertiary/aromatic N) is 2. The Bertz CT molecular complexity index is 1850. The van der Waals surface area contributed by atoms with Crippen LogP contribution < -0.4 is 32.3 Å². The molecule has 1 aromatic carbocycles. The Hall–Kier alpha value is -5.63. The zero-order chi connectivity index (χ0) is 49.2. The molecule has 7 amide bonds. The van der Waals surface area contributed by atoms with Gasteiger partial charge in [-0.3, -0.25) is 38.4 Å². The number of hydrogen-bond donors (Lipinski definition) is 8. The van der Waals surface area contributed by atoms with E-state index in [0.29, 0.717) is 31.2 Å². The fourth-order valence-electron chi connectivity index (χ4n) is 8.01. The van der Waals surface area contributed by atoms with Crippen molar-refractivity contribution >= 4 is 53.3 Å². The van der Waals surface area contributed by atoms with Crippen molar-refractivity contribution in [3.63, 3.8) is 0 Å². The summed E-state index contributed by atoms with van der Waals surface area (Å²) < 4.78 is 5.83. The third kappa shape index (κ3) is 16.1. The smallest absolute Gasteiger partial charge is 0.329 e. The van der Waals surface area contributed by atoms with Crippen molar-refractivity contribution in [1.29, 1.82) is 0 Å². The van der Waals surface area contributed by atoms with E-state index in [0.717, 1.165) is 11.3 Å². The number of esters is 1. The molecule has 2 heterocycles. The Balaban J connectivity index is 2.20. The van der Waals surface area contributed by atoms with Crippen molar-refractivity contribution < 1.29 is 58.1 Å². The summed E-state index contributed by atoms with van der Waals surface area (Å²) in [5.74, 6) is -9.04. The van der Waals surface area contributed by atoms with Gasteiger partial charge in [-0.15, -0.1) is 0 Å². The minimum absolute atomic E-state index is 0.00414. The lowest BCUT2D eigenvalue weighted by atomic mass is 9.94. The number of carboxylic acids is 1. The van der Waals surface area contributed by atoms with Crippen LogP contribution in [0, 0.1) is 11.8 Å². The minimum Gasteiger partial charge on any atom is -0.481 e. The van der Waals surface area contributed by atoms with Gasteiger partial charge in [-0.2, -0.15) is 0 Å². The lowest BCUT2D eigenvalue weighted by Crippen LogP contribution is -2.65. The quantitative estimate of drug-likeness (QED) is 0.0741. The molecule has 20 heteroatoms. The maximum absolute atomic E-state index is 14.7. The number of benzene rings is 1. The highest BCUT2D eigenvalue weighted by atomic mass is 16.5. The van der Waals surface area contributed by atoms with E-state index in [1.165, 1.54) is 18.9 Å². The Kier molecular flexibility index (Phi) is 22.0. The molecule has 9 unspecified atom stereocenters. The molecule has 66 heavy (non-hydrogen) atoms. The number of likely N-dealkylation sites (N-methyl/N-ethyl adjacent to an activating group) is 1. The summed E-state index contributed by atoms with van der Waals surface area (Å²) in [6.45, 7) is 10.4. The Morgan fingerprint density at radius 1 is 0.879 bits per heavy atom. The third-order valence-electron chi connectivity index (χ3n) is 11.8. The van der Waals surface area contributed by atoms with Crippen LogP contribution in [0.1, 0.15) is 118 Å². The van der Waals surface area contributed by atoms with E-state index in [1.54, 1.807) is 44.2 Å². The van der Waals surface area contributed by atoms with Crippen LogP contribution in [0.15, 0.2) is 30.3 Å². The van der Waals surface area contributed by atoms with Gasteiger partial charge < -0.3 is 57.1 Å². The zero-order valence-electron chi connectivity index (χ0n) is 39.4. The fraction of sp³-hybridized carbons (Fsp3) is 0.674. The van der Waals surface area contributed by atoms with E-state index in [4.69, 9.17) is 10.5 Å². The molecule has 20 nitrogen and oxygen atoms in total. The number of ether oxygens (including phenoxy) is 1. The van der Waals surface area contributed by atoms with Gasteiger partial charge in [0.05, 0.1) is 6.42 Å². The number of cyclic esters (lactones) is 1. The number of nitrogens with two attached hydrogens (primary N) is 1. The molecule has 3 rings (SSSR count). The first-order valence-electron chi connectivity index (χ1n) is 23.1. The number of hydrogen-bond acceptors (Lipinski definition) is 12. The largest absolute Gasteiger partial charge is 0.481 e. The maximum atomic E-state index is 14.7. The van der Waals surface area contributed by atoms with Crippen LogP contribution in [0.3, 0.4) is 0 Å². The molecule has 2 saturated heterocycles. The van der Waals surface area contributed by atoms with E-state index in [9.17, 15) is 53.4 Å². The number of unbranched alkanes of at least 4 members (excludes halogenated alkanes) is 3. The summed E-state index contributed by atoms with van der Waals surface area (Å²) in [5, 5.41) is 33.9. The second-order valence-electron chi connectivity index (χ2n) is 18.0. The highest BCUT2D eigenvalue weighted by Gasteiger charge is 2.46. The molecule has 0 saturated carbocycles. The normalized spacial score (nSPS) is 25.4. The number of amides is 7. The second-order valence-corrected chi connectivity index (χ2v) is 18.0. The van der Waals surface area contributed by atoms with Crippen molar-refractivity contribution in [3.05, 3.63) is 35.9 Å². The summed E-state index contributed by atoms with van der Waals surface area (Å²) >= 11 is 0. The SMILES string of the molecule is CCCCCC(=O)NC(CC(=O)O)C(=O)NC1C(=O)NC(CCCCN)C(=O)NC2CCC(O)N(C2=O)C(CC(C)C)C(=O)N(C)C(Cc2ccccc2)C(=O)NC(C(C)C)C(=O)OC1C. The van der Waals surface area contributed by atoms with Gasteiger partial charge in [0.25, 0.3) is 0 Å². The number of fused-ring (bicyclic) bond motifs is 2. The molecule has 9 N–H and O–H groups in total. The summed E-state index contributed by atoms with van der Waals surface area (Å²) in [7, 11) is 1.40. The topological polar surface area (TPSA) is 296 Å². The lowest BCUT2D eigenvalue weighted by molar-refractivity contribution is -0.166. The van der Waals surface area contributed by atoms with Gasteiger partial charge in [0, 0.05) is 19.9 Å². The standard InChI is InChI=1S/C46H72N8O12/c1-8-9-11-19-35(55)48-32(25-37(57)58)41(60)52-39-28(6)66-46(65)38(27(4)5)51-42(61)33(24-29-16-12-10-13-17-29)53(7)45(64)34(23-26(2)3)54-36(56)21-20-31(44(54)63)50-40(59)30(49-43(39)62)18-14-15-22-47/h10,12-13,16-17,26-28,30-34,36,38-39,56H,8-9,11,14-15,18-25,47H2,1-7H3,(H,48,55)(H,49,62)(H,50,59)(H,51,61)(H,52,60)(H,57,58). The van der Waals surface area contributed by atoms with Crippen molar-refractivity contribution in [1.82, 2.24) is 36.4 Å². The van der Waals surface area contributed by atoms with Crippen LogP contribution in [-0.4, -0.2) is 142 Å². The number of aliphatic hydroxyl groups excluding tert-OH is 1. The minimum atomic E-state index is -1.81. The second kappa shape index (κ2) is 26.5. The van der Waals surface area contributed by atoms with Crippen LogP contribution in [0.2, 0.25) is 0 Å². The van der Waals surface area contributed by atoms with Gasteiger partial charge >= 0.3 is 11.9 Å². The van der Waals surface area contributed by atoms with Crippen LogP contribution in [0.25, 0.3) is 0 Å². The molecule has 0 aromatic heterocycles. The van der Waals surface area contributed by atoms with Gasteiger partial charge in [-0.1, -0.05) is 77.8 Å². The Morgan fingerprint density at radius 3 is 2.17 bits per heavy atom. The molecule has 2 aliphatic rings. The van der Waals surface area contributed by atoms with Gasteiger partial charge in [0.1, 0.15) is 54.6 Å². The molecule has 1 aromatic rings. The summed E-state index contributed by atoms with van der Waals surface area (Å²) in [4.78, 5) is 127. The Morgan fingerprint density at radius 2 is 1.56 bits per heavy atom. The van der Waals surface area contributed by atoms with E-state index < -0.39 is 120 Å². The number of aliphatic carboxylic acids is 1. The molecule has 2 bridgehead atoms. The summed E-state index contributed by atoms with van der Waals surface area (Å²) in [6.07, 6.45) is -1.10. The first-order valence-corrected chi connectivity index (χ1v) is 23.1.